The molecule has 19 heavy (non-hydrogen) atoms. The van der Waals surface area contributed by atoms with Gasteiger partial charge in [-0.1, -0.05) is 26.0 Å². The van der Waals surface area contributed by atoms with Crippen molar-refractivity contribution in [3.8, 4) is 0 Å². The highest BCUT2D eigenvalue weighted by Gasteiger charge is 2.61. The minimum absolute atomic E-state index is 0.0723. The molecule has 0 fully saturated rings. The predicted molar refractivity (Wildman–Crippen MR) is 58.8 cm³/mol. The average molecular weight is 285 g/mol. The Morgan fingerprint density at radius 3 is 2.16 bits per heavy atom. The molecule has 0 aliphatic carbocycles. The molecule has 0 saturated carbocycles. The van der Waals surface area contributed by atoms with E-state index in [9.17, 15) is 22.0 Å². The van der Waals surface area contributed by atoms with E-state index in [4.69, 9.17) is 0 Å². The molecular formula is C11H16F5N3. The third-order valence-electron chi connectivity index (χ3n) is 2.53. The van der Waals surface area contributed by atoms with E-state index >= 15 is 0 Å². The summed E-state index contributed by atoms with van der Waals surface area (Å²) in [6.07, 6.45) is -5.01. The van der Waals surface area contributed by atoms with Crippen LogP contribution in [0.4, 0.5) is 22.0 Å². The number of rotatable bonds is 5. The van der Waals surface area contributed by atoms with E-state index in [2.05, 4.69) is 10.3 Å². The molecule has 0 N–H and O–H groups in total. The average Bonchev–Trinajstić information content (AvgIpc) is 2.60. The molecule has 1 aromatic heterocycles. The summed E-state index contributed by atoms with van der Waals surface area (Å²) in [6, 6.07) is 0. The van der Waals surface area contributed by atoms with E-state index in [1.54, 1.807) is 20.8 Å². The van der Waals surface area contributed by atoms with Crippen molar-refractivity contribution >= 4 is 0 Å². The lowest BCUT2D eigenvalue weighted by Crippen LogP contribution is -2.35. The molecule has 0 bridgehead atoms. The molecule has 1 rings (SSSR count). The fourth-order valence-corrected chi connectivity index (χ4v) is 1.69. The number of hydrogen-bond donors (Lipinski definition) is 0. The summed E-state index contributed by atoms with van der Waals surface area (Å²) >= 11 is 0. The number of aromatic nitrogens is 3. The molecule has 3 nitrogen and oxygen atoms in total. The van der Waals surface area contributed by atoms with E-state index in [1.165, 1.54) is 0 Å². The fraction of sp³-hybridized carbons (Fsp3) is 0.818. The smallest absolute Gasteiger partial charge is 0.249 e. The summed E-state index contributed by atoms with van der Waals surface area (Å²) in [7, 11) is 0. The maximum absolute atomic E-state index is 13.4. The van der Waals surface area contributed by atoms with Crippen LogP contribution in [0.25, 0.3) is 0 Å². The van der Waals surface area contributed by atoms with Crippen LogP contribution in [-0.4, -0.2) is 21.2 Å². The Kier molecular flexibility index (Phi) is 4.52. The van der Waals surface area contributed by atoms with Crippen LogP contribution in [0.1, 0.15) is 38.6 Å². The quantitative estimate of drug-likeness (QED) is 0.775. The first-order valence-electron chi connectivity index (χ1n) is 5.98. The molecule has 8 heteroatoms. The molecule has 0 amide bonds. The summed E-state index contributed by atoms with van der Waals surface area (Å²) in [6.45, 7) is 5.52. The second kappa shape index (κ2) is 5.42. The van der Waals surface area contributed by atoms with E-state index in [0.717, 1.165) is 4.68 Å². The number of nitrogens with zero attached hydrogens (tertiary/aromatic N) is 3. The molecule has 0 atom stereocenters. The Hall–Kier alpha value is -1.21. The first-order chi connectivity index (χ1) is 8.61. The standard InChI is InChI=1S/C11H16F5N3/c1-4-5-19-8(6-7(2)3)9(17-18-19)10(12,13)11(14,15)16/h7H,4-6H2,1-3H3. The highest BCUT2D eigenvalue weighted by atomic mass is 19.4. The van der Waals surface area contributed by atoms with Gasteiger partial charge < -0.3 is 0 Å². The molecule has 0 radical (unpaired) electrons. The van der Waals surface area contributed by atoms with Gasteiger partial charge >= 0.3 is 12.1 Å². The maximum atomic E-state index is 13.4. The van der Waals surface area contributed by atoms with Crippen LogP contribution in [-0.2, 0) is 18.9 Å². The van der Waals surface area contributed by atoms with Crippen molar-refractivity contribution in [2.75, 3.05) is 0 Å². The molecule has 1 heterocycles. The van der Waals surface area contributed by atoms with E-state index in [1.807, 2.05) is 0 Å². The number of alkyl halides is 5. The molecule has 0 aliphatic heterocycles. The maximum Gasteiger partial charge on any atom is 0.459 e. The Morgan fingerprint density at radius 2 is 1.74 bits per heavy atom. The van der Waals surface area contributed by atoms with E-state index in [0.29, 0.717) is 6.42 Å². The van der Waals surface area contributed by atoms with Gasteiger partial charge in [0.1, 0.15) is 0 Å². The first-order valence-corrected chi connectivity index (χ1v) is 5.98. The van der Waals surface area contributed by atoms with E-state index in [-0.39, 0.29) is 24.6 Å². The topological polar surface area (TPSA) is 30.7 Å². The van der Waals surface area contributed by atoms with Gasteiger partial charge in [0.2, 0.25) is 0 Å². The SMILES string of the molecule is CCCn1nnc(C(F)(F)C(F)(F)F)c1CC(C)C. The van der Waals surface area contributed by atoms with Crippen LogP contribution in [0.2, 0.25) is 0 Å². The molecule has 0 aromatic carbocycles. The Morgan fingerprint density at radius 1 is 1.16 bits per heavy atom. The fourth-order valence-electron chi connectivity index (χ4n) is 1.69. The van der Waals surface area contributed by atoms with Crippen molar-refractivity contribution in [3.63, 3.8) is 0 Å². The zero-order valence-electron chi connectivity index (χ0n) is 10.9. The third-order valence-corrected chi connectivity index (χ3v) is 2.53. The van der Waals surface area contributed by atoms with Crippen molar-refractivity contribution in [2.24, 2.45) is 5.92 Å². The first kappa shape index (κ1) is 15.8. The van der Waals surface area contributed by atoms with Crippen molar-refractivity contribution in [1.29, 1.82) is 0 Å². The van der Waals surface area contributed by atoms with Crippen molar-refractivity contribution < 1.29 is 22.0 Å². The summed E-state index contributed by atoms with van der Waals surface area (Å²) in [5.74, 6) is -5.04. The van der Waals surface area contributed by atoms with Crippen LogP contribution in [0.3, 0.4) is 0 Å². The number of aryl methyl sites for hydroxylation is 1. The van der Waals surface area contributed by atoms with Gasteiger partial charge in [-0.3, -0.25) is 0 Å². The van der Waals surface area contributed by atoms with Gasteiger partial charge in [0, 0.05) is 6.54 Å². The second-order valence-corrected chi connectivity index (χ2v) is 4.78. The van der Waals surface area contributed by atoms with Crippen LogP contribution < -0.4 is 0 Å². The third kappa shape index (κ3) is 3.22. The zero-order chi connectivity index (χ0) is 14.8. The zero-order valence-corrected chi connectivity index (χ0v) is 10.9. The van der Waals surface area contributed by atoms with Crippen LogP contribution in [0, 0.1) is 5.92 Å². The number of hydrogen-bond acceptors (Lipinski definition) is 2. The monoisotopic (exact) mass is 285 g/mol. The van der Waals surface area contributed by atoms with Crippen molar-refractivity contribution in [1.82, 2.24) is 15.0 Å². The van der Waals surface area contributed by atoms with Gasteiger partial charge in [0.05, 0.1) is 5.69 Å². The Bertz CT molecular complexity index is 422. The highest BCUT2D eigenvalue weighted by molar-refractivity contribution is 5.18. The van der Waals surface area contributed by atoms with Gasteiger partial charge in [0.15, 0.2) is 5.69 Å². The van der Waals surface area contributed by atoms with Crippen LogP contribution >= 0.6 is 0 Å². The molecule has 0 unspecified atom stereocenters. The molecule has 0 saturated heterocycles. The van der Waals surface area contributed by atoms with Crippen LogP contribution in [0.15, 0.2) is 0 Å². The molecule has 1 aromatic rings. The summed E-state index contributed by atoms with van der Waals surface area (Å²) in [5.41, 5.74) is -1.42. The lowest BCUT2D eigenvalue weighted by Gasteiger charge is -2.19. The van der Waals surface area contributed by atoms with Gasteiger partial charge in [-0.05, 0) is 18.8 Å². The van der Waals surface area contributed by atoms with Gasteiger partial charge in [-0.25, -0.2) is 4.68 Å². The van der Waals surface area contributed by atoms with Gasteiger partial charge in [-0.2, -0.15) is 22.0 Å². The molecule has 0 spiro atoms. The summed E-state index contributed by atoms with van der Waals surface area (Å²) in [5, 5.41) is 6.49. The van der Waals surface area contributed by atoms with Crippen molar-refractivity contribution in [2.45, 2.75) is 52.3 Å². The molecule has 0 aliphatic rings. The lowest BCUT2D eigenvalue weighted by molar-refractivity contribution is -0.291. The van der Waals surface area contributed by atoms with Crippen molar-refractivity contribution in [3.05, 3.63) is 11.4 Å². The molecule has 110 valence electrons. The highest BCUT2D eigenvalue weighted by Crippen LogP contribution is 2.44. The summed E-state index contributed by atoms with van der Waals surface area (Å²) in [4.78, 5) is 0. The van der Waals surface area contributed by atoms with Gasteiger partial charge in [0.25, 0.3) is 0 Å². The second-order valence-electron chi connectivity index (χ2n) is 4.78. The van der Waals surface area contributed by atoms with E-state index < -0.39 is 17.8 Å². The summed E-state index contributed by atoms with van der Waals surface area (Å²) < 4.78 is 65.1. The minimum atomic E-state index is -5.66. The Labute approximate surface area is 107 Å². The molecular weight excluding hydrogens is 269 g/mol. The number of halogens is 5. The largest absolute Gasteiger partial charge is 0.459 e. The van der Waals surface area contributed by atoms with Crippen LogP contribution in [0.5, 0.6) is 0 Å². The predicted octanol–water partition coefficient (Wildman–Crippen LogP) is 3.54. The Balaban J connectivity index is 3.27. The normalized spacial score (nSPS) is 13.3. The lowest BCUT2D eigenvalue weighted by atomic mass is 10.0. The minimum Gasteiger partial charge on any atom is -0.249 e. The van der Waals surface area contributed by atoms with Gasteiger partial charge in [-0.15, -0.1) is 5.10 Å².